The van der Waals surface area contributed by atoms with Crippen molar-refractivity contribution >= 4 is 32.5 Å². The van der Waals surface area contributed by atoms with Gasteiger partial charge in [0.25, 0.3) is 0 Å². The number of methoxy groups -OCH3 is 1. The molecule has 0 radical (unpaired) electrons. The minimum absolute atomic E-state index is 0.159. The minimum Gasteiger partial charge on any atom is -0.481 e. The van der Waals surface area contributed by atoms with Crippen molar-refractivity contribution in [3.8, 4) is 17.1 Å². The quantitative estimate of drug-likeness (QED) is 0.541. The zero-order chi connectivity index (χ0) is 15.1. The van der Waals surface area contributed by atoms with E-state index >= 15 is 0 Å². The number of nitroso groups, excluding NO2 is 1. The number of hydrogen-bond acceptors (Lipinski definition) is 7. The van der Waals surface area contributed by atoms with Crippen LogP contribution in [0.15, 0.2) is 41.8 Å². The number of rotatable bonds is 3. The van der Waals surface area contributed by atoms with Crippen molar-refractivity contribution < 1.29 is 4.74 Å². The van der Waals surface area contributed by atoms with Gasteiger partial charge in [-0.15, -0.1) is 4.91 Å². The molecule has 0 aliphatic carbocycles. The van der Waals surface area contributed by atoms with E-state index in [1.54, 1.807) is 25.4 Å². The highest BCUT2D eigenvalue weighted by atomic mass is 32.1. The van der Waals surface area contributed by atoms with E-state index in [1.165, 1.54) is 11.3 Å². The lowest BCUT2D eigenvalue weighted by Gasteiger charge is -1.97. The Kier molecular flexibility index (Phi) is 2.83. The molecule has 0 aromatic carbocycles. The molecular weight excluding hydrogens is 302 g/mol. The molecule has 0 atom stereocenters. The zero-order valence-electron chi connectivity index (χ0n) is 11.4. The second kappa shape index (κ2) is 4.85. The van der Waals surface area contributed by atoms with Crippen LogP contribution in [0.2, 0.25) is 0 Å². The fourth-order valence-electron chi connectivity index (χ4n) is 2.21. The Morgan fingerprint density at radius 1 is 1.23 bits per heavy atom. The Bertz CT molecular complexity index is 990. The molecule has 4 aromatic heterocycles. The third kappa shape index (κ3) is 1.92. The largest absolute Gasteiger partial charge is 0.481 e. The molecule has 0 aliphatic rings. The minimum atomic E-state index is 0.159. The van der Waals surface area contributed by atoms with Gasteiger partial charge in [-0.05, 0) is 23.4 Å². The summed E-state index contributed by atoms with van der Waals surface area (Å²) in [5.74, 6) is 0.741. The van der Waals surface area contributed by atoms with Gasteiger partial charge in [0, 0.05) is 24.0 Å². The van der Waals surface area contributed by atoms with Crippen LogP contribution in [0.3, 0.4) is 0 Å². The molecule has 4 heterocycles. The van der Waals surface area contributed by atoms with E-state index in [4.69, 9.17) is 4.74 Å². The van der Waals surface area contributed by atoms with Crippen molar-refractivity contribution in [2.45, 2.75) is 0 Å². The summed E-state index contributed by atoms with van der Waals surface area (Å²) in [4.78, 5) is 25.1. The predicted octanol–water partition coefficient (Wildman–Crippen LogP) is 3.41. The topological polar surface area (TPSA) is 81.7 Å². The first-order valence-electron chi connectivity index (χ1n) is 6.41. The lowest BCUT2D eigenvalue weighted by molar-refractivity contribution is 0.400. The normalized spacial score (nSPS) is 11.1. The van der Waals surface area contributed by atoms with E-state index in [-0.39, 0.29) is 5.82 Å². The standard InChI is InChI=1S/C14H9N5O2S/c1-21-12-5-3-10-13(17-12)22-14-16-9(7-19(10)14)8-2-4-11(18-20)15-6-8/h2-7H,1H3. The van der Waals surface area contributed by atoms with Crippen LogP contribution in [0.4, 0.5) is 5.82 Å². The molecule has 0 fully saturated rings. The second-order valence-corrected chi connectivity index (χ2v) is 5.51. The highest BCUT2D eigenvalue weighted by Gasteiger charge is 2.12. The summed E-state index contributed by atoms with van der Waals surface area (Å²) in [5.41, 5.74) is 2.59. The first-order valence-corrected chi connectivity index (χ1v) is 7.22. The summed E-state index contributed by atoms with van der Waals surface area (Å²) in [5, 5.41) is 2.79. The van der Waals surface area contributed by atoms with Crippen LogP contribution >= 0.6 is 11.3 Å². The van der Waals surface area contributed by atoms with Gasteiger partial charge in [0.15, 0.2) is 10.8 Å². The monoisotopic (exact) mass is 311 g/mol. The zero-order valence-corrected chi connectivity index (χ0v) is 12.2. The van der Waals surface area contributed by atoms with Crippen LogP contribution in [-0.2, 0) is 0 Å². The molecule has 0 saturated heterocycles. The fraction of sp³-hybridized carbons (Fsp3) is 0.0714. The molecule has 0 aliphatic heterocycles. The van der Waals surface area contributed by atoms with E-state index in [0.29, 0.717) is 5.88 Å². The van der Waals surface area contributed by atoms with Gasteiger partial charge in [-0.3, -0.25) is 4.40 Å². The van der Waals surface area contributed by atoms with Crippen LogP contribution < -0.4 is 4.74 Å². The molecule has 0 saturated carbocycles. The molecule has 8 heteroatoms. The van der Waals surface area contributed by atoms with Gasteiger partial charge in [0.05, 0.1) is 18.3 Å². The number of fused-ring (bicyclic) bond motifs is 3. The van der Waals surface area contributed by atoms with Gasteiger partial charge in [-0.2, -0.15) is 0 Å². The predicted molar refractivity (Wildman–Crippen MR) is 83.6 cm³/mol. The molecule has 7 nitrogen and oxygen atoms in total. The highest BCUT2D eigenvalue weighted by molar-refractivity contribution is 7.23. The maximum Gasteiger partial charge on any atom is 0.214 e. The molecule has 108 valence electrons. The number of thiazole rings is 1. The van der Waals surface area contributed by atoms with Crippen LogP contribution in [0.1, 0.15) is 0 Å². The molecule has 0 N–H and O–H groups in total. The molecule has 22 heavy (non-hydrogen) atoms. The Balaban J connectivity index is 1.84. The molecular formula is C14H9N5O2S. The Hall–Kier alpha value is -2.87. The third-order valence-corrected chi connectivity index (χ3v) is 4.25. The number of imidazole rings is 1. The second-order valence-electron chi connectivity index (χ2n) is 4.56. The molecule has 4 rings (SSSR count). The van der Waals surface area contributed by atoms with Crippen LogP contribution in [-0.4, -0.2) is 26.5 Å². The highest BCUT2D eigenvalue weighted by Crippen LogP contribution is 2.29. The first kappa shape index (κ1) is 12.8. The van der Waals surface area contributed by atoms with E-state index in [0.717, 1.165) is 26.6 Å². The van der Waals surface area contributed by atoms with Crippen LogP contribution in [0.5, 0.6) is 5.88 Å². The van der Waals surface area contributed by atoms with Crippen LogP contribution in [0.25, 0.3) is 26.6 Å². The van der Waals surface area contributed by atoms with Gasteiger partial charge in [-0.1, -0.05) is 11.3 Å². The van der Waals surface area contributed by atoms with Gasteiger partial charge >= 0.3 is 0 Å². The SMILES string of the molecule is COc1ccc2c(n1)sc1nc(-c3ccc(N=O)nc3)cn12. The van der Waals surface area contributed by atoms with Gasteiger partial charge in [-0.25, -0.2) is 15.0 Å². The lowest BCUT2D eigenvalue weighted by Crippen LogP contribution is -1.86. The average molecular weight is 311 g/mol. The molecule has 4 aromatic rings. The number of aromatic nitrogens is 4. The summed E-state index contributed by atoms with van der Waals surface area (Å²) in [6, 6.07) is 7.12. The summed E-state index contributed by atoms with van der Waals surface area (Å²) < 4.78 is 7.11. The van der Waals surface area contributed by atoms with Crippen LogP contribution in [0, 0.1) is 4.91 Å². The Labute approximate surface area is 128 Å². The van der Waals surface area contributed by atoms with E-state index < -0.39 is 0 Å². The maximum atomic E-state index is 10.4. The van der Waals surface area contributed by atoms with E-state index in [1.807, 2.05) is 22.7 Å². The third-order valence-electron chi connectivity index (χ3n) is 3.28. The summed E-state index contributed by atoms with van der Waals surface area (Å²) >= 11 is 1.49. The van der Waals surface area contributed by atoms with Gasteiger partial charge in [0.1, 0.15) is 4.83 Å². The number of hydrogen-bond donors (Lipinski definition) is 0. The van der Waals surface area contributed by atoms with Crippen molar-refractivity contribution in [1.82, 2.24) is 19.4 Å². The summed E-state index contributed by atoms with van der Waals surface area (Å²) in [6.45, 7) is 0. The summed E-state index contributed by atoms with van der Waals surface area (Å²) in [6.07, 6.45) is 3.51. The Morgan fingerprint density at radius 2 is 2.14 bits per heavy atom. The average Bonchev–Trinajstić information content (AvgIpc) is 3.11. The molecule has 0 spiro atoms. The van der Waals surface area contributed by atoms with Gasteiger partial charge in [0.2, 0.25) is 5.88 Å². The van der Waals surface area contributed by atoms with E-state index in [9.17, 15) is 4.91 Å². The number of pyridine rings is 2. The fourth-order valence-corrected chi connectivity index (χ4v) is 3.19. The van der Waals surface area contributed by atoms with Crippen molar-refractivity contribution in [2.75, 3.05) is 7.11 Å². The number of nitrogens with zero attached hydrogens (tertiary/aromatic N) is 5. The smallest absolute Gasteiger partial charge is 0.214 e. The molecule has 0 unspecified atom stereocenters. The van der Waals surface area contributed by atoms with Crippen molar-refractivity contribution in [3.63, 3.8) is 0 Å². The number of ether oxygens (including phenoxy) is 1. The Morgan fingerprint density at radius 3 is 2.86 bits per heavy atom. The van der Waals surface area contributed by atoms with Gasteiger partial charge < -0.3 is 4.74 Å². The summed E-state index contributed by atoms with van der Waals surface area (Å²) in [7, 11) is 1.59. The lowest BCUT2D eigenvalue weighted by atomic mass is 10.2. The first-order chi connectivity index (χ1) is 10.8. The maximum absolute atomic E-state index is 10.4. The van der Waals surface area contributed by atoms with E-state index in [2.05, 4.69) is 20.1 Å². The molecule has 0 bridgehead atoms. The molecule has 0 amide bonds. The van der Waals surface area contributed by atoms with Crippen molar-refractivity contribution in [3.05, 3.63) is 41.6 Å². The van der Waals surface area contributed by atoms with Crippen molar-refractivity contribution in [1.29, 1.82) is 0 Å². The van der Waals surface area contributed by atoms with Crippen molar-refractivity contribution in [2.24, 2.45) is 5.18 Å².